The normalized spacial score (nSPS) is 14.0. The van der Waals surface area contributed by atoms with Crippen molar-refractivity contribution in [2.75, 3.05) is 52.8 Å². The number of hydrogen-bond acceptors (Lipinski definition) is 9. The minimum Gasteiger partial charge on any atom is -0.494 e. The summed E-state index contributed by atoms with van der Waals surface area (Å²) in [5.41, 5.74) is -0.0249. The van der Waals surface area contributed by atoms with Crippen LogP contribution in [0, 0.1) is 11.6 Å². The second kappa shape index (κ2) is 10.7. The van der Waals surface area contributed by atoms with Crippen LogP contribution in [-0.2, 0) is 13.7 Å². The lowest BCUT2D eigenvalue weighted by Crippen LogP contribution is -2.47. The third-order valence-electron chi connectivity index (χ3n) is 5.81. The molecular formula is C23H27F2N7O4. The van der Waals surface area contributed by atoms with Crippen molar-refractivity contribution in [3.63, 3.8) is 0 Å². The predicted octanol–water partition coefficient (Wildman–Crippen LogP) is 2.22. The Morgan fingerprint density at radius 2 is 1.61 bits per heavy atom. The molecule has 3 aromatic rings. The standard InChI is InChI=1S/C23H27F2N7O4/c1-30-5-7-32(8-6-30)22(33)16-9-19(31(2)29-16)28-23-26-11-14(12-27-23)36-13-15-20(24)17(34-3)10-18(35-4)21(15)25/h9-12H,5-8,13H2,1-4H3,(H,26,27,28). The summed E-state index contributed by atoms with van der Waals surface area (Å²) in [6.45, 7) is 2.50. The smallest absolute Gasteiger partial charge is 0.274 e. The van der Waals surface area contributed by atoms with E-state index in [2.05, 4.69) is 25.3 Å². The van der Waals surface area contributed by atoms with Crippen LogP contribution in [0.2, 0.25) is 0 Å². The first-order chi connectivity index (χ1) is 17.3. The number of ether oxygens (including phenoxy) is 3. The van der Waals surface area contributed by atoms with Crippen molar-refractivity contribution < 1.29 is 27.8 Å². The first kappa shape index (κ1) is 25.1. The second-order valence-electron chi connectivity index (χ2n) is 8.18. The van der Waals surface area contributed by atoms with E-state index in [9.17, 15) is 13.6 Å². The number of nitrogens with one attached hydrogen (secondary N) is 1. The van der Waals surface area contributed by atoms with Crippen LogP contribution in [0.4, 0.5) is 20.5 Å². The molecule has 1 N–H and O–H groups in total. The summed E-state index contributed by atoms with van der Waals surface area (Å²) < 4.78 is 45.9. The van der Waals surface area contributed by atoms with Gasteiger partial charge in [0.25, 0.3) is 5.91 Å². The lowest BCUT2D eigenvalue weighted by atomic mass is 10.1. The maximum atomic E-state index is 14.5. The topological polar surface area (TPSA) is 107 Å². The number of carbonyl (C=O) groups excluding carboxylic acids is 1. The maximum absolute atomic E-state index is 14.5. The molecule has 0 unspecified atom stereocenters. The highest BCUT2D eigenvalue weighted by atomic mass is 19.1. The van der Waals surface area contributed by atoms with Crippen molar-refractivity contribution in [2.24, 2.45) is 7.05 Å². The average molecular weight is 504 g/mol. The minimum absolute atomic E-state index is 0.134. The van der Waals surface area contributed by atoms with Crippen molar-refractivity contribution >= 4 is 17.7 Å². The fraction of sp³-hybridized carbons (Fsp3) is 0.391. The first-order valence-corrected chi connectivity index (χ1v) is 11.1. The number of nitrogens with zero attached hydrogens (tertiary/aromatic N) is 6. The fourth-order valence-electron chi connectivity index (χ4n) is 3.65. The van der Waals surface area contributed by atoms with Crippen molar-refractivity contribution in [3.05, 3.63) is 47.4 Å². The number of rotatable bonds is 8. The van der Waals surface area contributed by atoms with E-state index in [1.165, 1.54) is 31.3 Å². The molecular weight excluding hydrogens is 476 g/mol. The number of piperazine rings is 1. The van der Waals surface area contributed by atoms with Gasteiger partial charge in [0.05, 0.1) is 32.2 Å². The molecule has 0 saturated carbocycles. The van der Waals surface area contributed by atoms with Gasteiger partial charge in [-0.2, -0.15) is 5.10 Å². The van der Waals surface area contributed by atoms with Crippen molar-refractivity contribution in [1.29, 1.82) is 0 Å². The molecule has 0 atom stereocenters. The largest absolute Gasteiger partial charge is 0.494 e. The number of anilines is 2. The molecule has 1 aliphatic rings. The van der Waals surface area contributed by atoms with Crippen LogP contribution in [0.15, 0.2) is 24.5 Å². The highest BCUT2D eigenvalue weighted by Gasteiger charge is 2.24. The predicted molar refractivity (Wildman–Crippen MR) is 126 cm³/mol. The number of hydrogen-bond donors (Lipinski definition) is 1. The maximum Gasteiger partial charge on any atom is 0.274 e. The Labute approximate surface area is 206 Å². The molecule has 0 bridgehead atoms. The summed E-state index contributed by atoms with van der Waals surface area (Å²) in [5.74, 6) is -1.28. The molecule has 192 valence electrons. The lowest BCUT2D eigenvalue weighted by molar-refractivity contribution is 0.0657. The van der Waals surface area contributed by atoms with E-state index in [1.54, 1.807) is 18.0 Å². The number of aromatic nitrogens is 4. The van der Waals surface area contributed by atoms with Gasteiger partial charge in [0, 0.05) is 45.4 Å². The van der Waals surface area contributed by atoms with Crippen LogP contribution in [0.1, 0.15) is 16.1 Å². The Morgan fingerprint density at radius 3 is 2.19 bits per heavy atom. The monoisotopic (exact) mass is 503 g/mol. The summed E-state index contributed by atoms with van der Waals surface area (Å²) in [4.78, 5) is 25.0. The van der Waals surface area contributed by atoms with Gasteiger partial charge in [0.15, 0.2) is 34.6 Å². The molecule has 36 heavy (non-hydrogen) atoms. The van der Waals surface area contributed by atoms with E-state index in [4.69, 9.17) is 14.2 Å². The van der Waals surface area contributed by atoms with E-state index < -0.39 is 18.2 Å². The van der Waals surface area contributed by atoms with Gasteiger partial charge >= 0.3 is 0 Å². The molecule has 1 amide bonds. The number of aryl methyl sites for hydroxylation is 1. The van der Waals surface area contributed by atoms with Crippen molar-refractivity contribution in [3.8, 4) is 17.2 Å². The first-order valence-electron chi connectivity index (χ1n) is 11.1. The van der Waals surface area contributed by atoms with Gasteiger partial charge in [-0.15, -0.1) is 0 Å². The molecule has 0 radical (unpaired) electrons. The van der Waals surface area contributed by atoms with E-state index in [-0.39, 0.29) is 34.7 Å². The van der Waals surface area contributed by atoms with Gasteiger partial charge in [-0.1, -0.05) is 0 Å². The quantitative estimate of drug-likeness (QED) is 0.495. The molecule has 0 aliphatic carbocycles. The number of halogens is 2. The van der Waals surface area contributed by atoms with Crippen LogP contribution >= 0.6 is 0 Å². The van der Waals surface area contributed by atoms with E-state index in [0.717, 1.165) is 19.2 Å². The summed E-state index contributed by atoms with van der Waals surface area (Å²) in [7, 11) is 6.26. The zero-order valence-corrected chi connectivity index (χ0v) is 20.4. The zero-order chi connectivity index (χ0) is 25.8. The van der Waals surface area contributed by atoms with Gasteiger partial charge in [0.1, 0.15) is 12.4 Å². The molecule has 2 aromatic heterocycles. The molecule has 1 aliphatic heterocycles. The van der Waals surface area contributed by atoms with Gasteiger partial charge in [0.2, 0.25) is 5.95 Å². The Morgan fingerprint density at radius 1 is 1.00 bits per heavy atom. The number of carbonyl (C=O) groups is 1. The van der Waals surface area contributed by atoms with Crippen molar-refractivity contribution in [2.45, 2.75) is 6.61 Å². The molecule has 1 aromatic carbocycles. The summed E-state index contributed by atoms with van der Waals surface area (Å²) in [6.07, 6.45) is 2.71. The van der Waals surface area contributed by atoms with Gasteiger partial charge in [-0.3, -0.25) is 9.48 Å². The van der Waals surface area contributed by atoms with Gasteiger partial charge < -0.3 is 29.3 Å². The number of methoxy groups -OCH3 is 2. The second-order valence-corrected chi connectivity index (χ2v) is 8.18. The number of likely N-dealkylation sites (N-methyl/N-ethyl adjacent to an activating group) is 1. The lowest BCUT2D eigenvalue weighted by Gasteiger charge is -2.31. The third kappa shape index (κ3) is 5.30. The van der Waals surface area contributed by atoms with Crippen LogP contribution in [0.3, 0.4) is 0 Å². The molecule has 4 rings (SSSR count). The molecule has 3 heterocycles. The number of amides is 1. The third-order valence-corrected chi connectivity index (χ3v) is 5.81. The Hall–Kier alpha value is -4.00. The van der Waals surface area contributed by atoms with Gasteiger partial charge in [-0.25, -0.2) is 18.7 Å². The molecule has 1 fully saturated rings. The SMILES string of the molecule is COc1cc(OC)c(F)c(COc2cnc(Nc3cc(C(=O)N4CCN(C)CC4)nn3C)nc2)c1F. The van der Waals surface area contributed by atoms with Crippen molar-refractivity contribution in [1.82, 2.24) is 29.5 Å². The molecule has 1 saturated heterocycles. The fourth-order valence-corrected chi connectivity index (χ4v) is 3.65. The Balaban J connectivity index is 1.40. The minimum atomic E-state index is -0.881. The van der Waals surface area contributed by atoms with E-state index in [0.29, 0.717) is 24.6 Å². The van der Waals surface area contributed by atoms with Crippen LogP contribution < -0.4 is 19.5 Å². The molecule has 11 nitrogen and oxygen atoms in total. The zero-order valence-electron chi connectivity index (χ0n) is 20.4. The molecule has 0 spiro atoms. The van der Waals surface area contributed by atoms with Crippen LogP contribution in [0.5, 0.6) is 17.2 Å². The highest BCUT2D eigenvalue weighted by molar-refractivity contribution is 5.93. The van der Waals surface area contributed by atoms with E-state index >= 15 is 0 Å². The van der Waals surface area contributed by atoms with Crippen LogP contribution in [0.25, 0.3) is 0 Å². The van der Waals surface area contributed by atoms with Gasteiger partial charge in [-0.05, 0) is 7.05 Å². The number of benzene rings is 1. The highest BCUT2D eigenvalue weighted by Crippen LogP contribution is 2.32. The molecule has 13 heteroatoms. The summed E-state index contributed by atoms with van der Waals surface area (Å²) >= 11 is 0. The summed E-state index contributed by atoms with van der Waals surface area (Å²) in [6, 6.07) is 2.76. The Bertz CT molecular complexity index is 1200. The summed E-state index contributed by atoms with van der Waals surface area (Å²) in [5, 5.41) is 7.30. The average Bonchev–Trinajstić information content (AvgIpc) is 3.25. The Kier molecular flexibility index (Phi) is 7.48. The van der Waals surface area contributed by atoms with Crippen LogP contribution in [-0.4, -0.2) is 82.9 Å². The van der Waals surface area contributed by atoms with E-state index in [1.807, 2.05) is 7.05 Å².